The van der Waals surface area contributed by atoms with E-state index in [1.54, 1.807) is 6.07 Å². The summed E-state index contributed by atoms with van der Waals surface area (Å²) in [6, 6.07) is 4.49. The maximum absolute atomic E-state index is 13.1. The van der Waals surface area contributed by atoms with Gasteiger partial charge in [-0.25, -0.2) is 14.4 Å². The monoisotopic (exact) mass is 275 g/mol. The SMILES string of the molecule is Fc1ccc(Nc2ncnc3c2=CCCC=3)cc1Cl. The number of anilines is 2. The number of aromatic nitrogens is 2. The molecule has 2 aromatic rings. The molecule has 0 radical (unpaired) electrons. The molecule has 0 atom stereocenters. The maximum Gasteiger partial charge on any atom is 0.141 e. The van der Waals surface area contributed by atoms with Crippen molar-refractivity contribution in [2.75, 3.05) is 5.32 Å². The predicted molar refractivity (Wildman–Crippen MR) is 74.1 cm³/mol. The maximum atomic E-state index is 13.1. The van der Waals surface area contributed by atoms with Crippen LogP contribution >= 0.6 is 11.6 Å². The first kappa shape index (κ1) is 12.1. The van der Waals surface area contributed by atoms with Crippen LogP contribution in [0.25, 0.3) is 12.2 Å². The molecule has 0 bridgehead atoms. The van der Waals surface area contributed by atoms with Crippen molar-refractivity contribution < 1.29 is 4.39 Å². The number of hydrogen-bond donors (Lipinski definition) is 1. The van der Waals surface area contributed by atoms with Crippen LogP contribution in [0.15, 0.2) is 24.5 Å². The van der Waals surface area contributed by atoms with Gasteiger partial charge in [0.15, 0.2) is 0 Å². The van der Waals surface area contributed by atoms with Gasteiger partial charge in [-0.15, -0.1) is 0 Å². The smallest absolute Gasteiger partial charge is 0.141 e. The van der Waals surface area contributed by atoms with E-state index in [1.165, 1.54) is 18.5 Å². The fraction of sp³-hybridized carbons (Fsp3) is 0.143. The van der Waals surface area contributed by atoms with Gasteiger partial charge in [-0.3, -0.25) is 0 Å². The Morgan fingerprint density at radius 2 is 2.00 bits per heavy atom. The number of nitrogens with one attached hydrogen (secondary N) is 1. The summed E-state index contributed by atoms with van der Waals surface area (Å²) >= 11 is 5.76. The van der Waals surface area contributed by atoms with Gasteiger partial charge >= 0.3 is 0 Å². The largest absolute Gasteiger partial charge is 0.340 e. The molecule has 1 aromatic carbocycles. The lowest BCUT2D eigenvalue weighted by Crippen LogP contribution is -2.33. The van der Waals surface area contributed by atoms with Crippen LogP contribution in [0.4, 0.5) is 15.9 Å². The molecule has 5 heteroatoms. The highest BCUT2D eigenvalue weighted by molar-refractivity contribution is 6.31. The molecule has 3 rings (SSSR count). The molecule has 3 nitrogen and oxygen atoms in total. The molecule has 1 N–H and O–H groups in total. The second kappa shape index (κ2) is 4.97. The normalized spacial score (nSPS) is 13.2. The first-order valence-electron chi connectivity index (χ1n) is 5.97. The molecule has 1 aromatic heterocycles. The molecule has 1 aliphatic carbocycles. The molecule has 0 unspecified atom stereocenters. The highest BCUT2D eigenvalue weighted by atomic mass is 35.5. The first-order valence-corrected chi connectivity index (χ1v) is 6.35. The van der Waals surface area contributed by atoms with Crippen LogP contribution in [0.3, 0.4) is 0 Å². The van der Waals surface area contributed by atoms with Crippen molar-refractivity contribution in [3.8, 4) is 0 Å². The fourth-order valence-electron chi connectivity index (χ4n) is 2.03. The van der Waals surface area contributed by atoms with Gasteiger partial charge in [0.25, 0.3) is 0 Å². The minimum atomic E-state index is -0.433. The fourth-order valence-corrected chi connectivity index (χ4v) is 2.21. The quantitative estimate of drug-likeness (QED) is 0.914. The Kier molecular flexibility index (Phi) is 3.17. The lowest BCUT2D eigenvalue weighted by molar-refractivity contribution is 0.628. The molecular formula is C14H11ClFN3. The Hall–Kier alpha value is -1.94. The molecule has 1 aliphatic rings. The summed E-state index contributed by atoms with van der Waals surface area (Å²) in [7, 11) is 0. The van der Waals surface area contributed by atoms with Crippen LogP contribution in [-0.4, -0.2) is 9.97 Å². The number of fused-ring (bicyclic) bond motifs is 1. The Morgan fingerprint density at radius 1 is 1.16 bits per heavy atom. The molecule has 1 heterocycles. The van der Waals surface area contributed by atoms with Crippen molar-refractivity contribution in [3.05, 3.63) is 45.9 Å². The van der Waals surface area contributed by atoms with Crippen LogP contribution < -0.4 is 15.9 Å². The topological polar surface area (TPSA) is 37.8 Å². The van der Waals surface area contributed by atoms with E-state index in [0.717, 1.165) is 23.4 Å². The minimum Gasteiger partial charge on any atom is -0.340 e. The van der Waals surface area contributed by atoms with E-state index in [1.807, 2.05) is 0 Å². The van der Waals surface area contributed by atoms with E-state index in [2.05, 4.69) is 27.4 Å². The van der Waals surface area contributed by atoms with Gasteiger partial charge in [-0.1, -0.05) is 23.8 Å². The van der Waals surface area contributed by atoms with Gasteiger partial charge in [-0.05, 0) is 31.0 Å². The Morgan fingerprint density at radius 3 is 2.84 bits per heavy atom. The summed E-state index contributed by atoms with van der Waals surface area (Å²) in [4.78, 5) is 8.46. The Bertz CT molecular complexity index is 743. The Labute approximate surface area is 114 Å². The van der Waals surface area contributed by atoms with Crippen LogP contribution in [0, 0.1) is 5.82 Å². The minimum absolute atomic E-state index is 0.0865. The zero-order valence-electron chi connectivity index (χ0n) is 10.0. The molecule has 96 valence electrons. The second-order valence-corrected chi connectivity index (χ2v) is 4.67. The lowest BCUT2D eigenvalue weighted by Gasteiger charge is -2.08. The van der Waals surface area contributed by atoms with Gasteiger partial charge in [0, 0.05) is 10.9 Å². The molecule has 0 fully saturated rings. The molecule has 0 spiro atoms. The molecule has 19 heavy (non-hydrogen) atoms. The van der Waals surface area contributed by atoms with Crippen molar-refractivity contribution in [1.82, 2.24) is 9.97 Å². The van der Waals surface area contributed by atoms with Crippen molar-refractivity contribution in [2.45, 2.75) is 12.8 Å². The van der Waals surface area contributed by atoms with Gasteiger partial charge < -0.3 is 5.32 Å². The van der Waals surface area contributed by atoms with E-state index in [0.29, 0.717) is 11.5 Å². The van der Waals surface area contributed by atoms with E-state index >= 15 is 0 Å². The van der Waals surface area contributed by atoms with Gasteiger partial charge in [0.2, 0.25) is 0 Å². The van der Waals surface area contributed by atoms with Crippen molar-refractivity contribution in [3.63, 3.8) is 0 Å². The van der Waals surface area contributed by atoms with E-state index in [4.69, 9.17) is 11.6 Å². The summed E-state index contributed by atoms with van der Waals surface area (Å²) in [6.45, 7) is 0. The molecule has 0 saturated carbocycles. The third-order valence-electron chi connectivity index (χ3n) is 2.95. The van der Waals surface area contributed by atoms with Crippen molar-refractivity contribution in [2.24, 2.45) is 0 Å². The summed E-state index contributed by atoms with van der Waals surface area (Å²) in [5.74, 6) is 0.278. The highest BCUT2D eigenvalue weighted by Gasteiger charge is 2.05. The third-order valence-corrected chi connectivity index (χ3v) is 3.24. The predicted octanol–water partition coefficient (Wildman–Crippen LogP) is 2.37. The summed E-state index contributed by atoms with van der Waals surface area (Å²) < 4.78 is 13.1. The van der Waals surface area contributed by atoms with E-state index < -0.39 is 5.82 Å². The van der Waals surface area contributed by atoms with Crippen LogP contribution in [0.2, 0.25) is 5.02 Å². The summed E-state index contributed by atoms with van der Waals surface area (Å²) in [5, 5.41) is 5.14. The van der Waals surface area contributed by atoms with Crippen LogP contribution in [0.5, 0.6) is 0 Å². The number of hydrogen-bond acceptors (Lipinski definition) is 3. The van der Waals surface area contributed by atoms with Crippen molar-refractivity contribution >= 4 is 35.3 Å². The average molecular weight is 276 g/mol. The second-order valence-electron chi connectivity index (χ2n) is 4.26. The first-order chi connectivity index (χ1) is 9.24. The summed E-state index contributed by atoms with van der Waals surface area (Å²) in [6.07, 6.45) is 7.66. The van der Waals surface area contributed by atoms with Gasteiger partial charge in [0.05, 0.1) is 10.4 Å². The van der Waals surface area contributed by atoms with E-state index in [-0.39, 0.29) is 5.02 Å². The van der Waals surface area contributed by atoms with Crippen LogP contribution in [-0.2, 0) is 0 Å². The van der Waals surface area contributed by atoms with E-state index in [9.17, 15) is 4.39 Å². The van der Waals surface area contributed by atoms with Crippen molar-refractivity contribution in [1.29, 1.82) is 0 Å². The molecular weight excluding hydrogens is 265 g/mol. The Balaban J connectivity index is 2.03. The molecule has 0 saturated heterocycles. The average Bonchev–Trinajstić information content (AvgIpc) is 2.43. The zero-order valence-corrected chi connectivity index (χ0v) is 10.8. The number of rotatable bonds is 2. The summed E-state index contributed by atoms with van der Waals surface area (Å²) in [5.41, 5.74) is 0.700. The molecule has 0 amide bonds. The standard InChI is InChI=1S/C14H11ClFN3/c15-11-7-9(5-6-12(11)16)19-14-10-3-1-2-4-13(10)17-8-18-14/h3-8H,1-2H2,(H,17,18,19). The van der Waals surface area contributed by atoms with Gasteiger partial charge in [0.1, 0.15) is 18.0 Å². The number of nitrogens with zero attached hydrogens (tertiary/aromatic N) is 2. The van der Waals surface area contributed by atoms with Crippen LogP contribution in [0.1, 0.15) is 12.8 Å². The number of halogens is 2. The highest BCUT2D eigenvalue weighted by Crippen LogP contribution is 2.20. The van der Waals surface area contributed by atoms with Gasteiger partial charge in [-0.2, -0.15) is 0 Å². The molecule has 0 aliphatic heterocycles. The third kappa shape index (κ3) is 2.44. The number of benzene rings is 1. The zero-order chi connectivity index (χ0) is 13.2. The lowest BCUT2D eigenvalue weighted by atomic mass is 10.1.